The third kappa shape index (κ3) is 11.1. The molecule has 0 spiro atoms. The lowest BCUT2D eigenvalue weighted by Gasteiger charge is -2.43. The van der Waals surface area contributed by atoms with Crippen LogP contribution in [-0.4, -0.2) is 42.8 Å². The number of nitrogens with zero attached hydrogens (tertiary/aromatic N) is 1. The van der Waals surface area contributed by atoms with Crippen LogP contribution in [0, 0.1) is 17.3 Å². The SMILES string of the molecule is C=CC(=O)N1CCCC(CCC)(CCNC=O)C1.CC.CC(C)C(C)C(N)=O. The van der Waals surface area contributed by atoms with Crippen LogP contribution in [0.4, 0.5) is 0 Å². The summed E-state index contributed by atoms with van der Waals surface area (Å²) in [6.45, 7) is 17.9. The van der Waals surface area contributed by atoms with E-state index in [1.165, 1.54) is 6.08 Å². The van der Waals surface area contributed by atoms with E-state index in [1.54, 1.807) is 0 Å². The summed E-state index contributed by atoms with van der Waals surface area (Å²) in [6, 6.07) is 0. The Labute approximate surface area is 172 Å². The second kappa shape index (κ2) is 16.1. The number of amides is 3. The molecule has 0 aromatic carbocycles. The zero-order chi connectivity index (χ0) is 22.2. The minimum absolute atomic E-state index is 0.00926. The highest BCUT2D eigenvalue weighted by Crippen LogP contribution is 2.37. The zero-order valence-electron chi connectivity index (χ0n) is 18.9. The monoisotopic (exact) mass is 397 g/mol. The van der Waals surface area contributed by atoms with Gasteiger partial charge in [0.2, 0.25) is 18.2 Å². The molecule has 28 heavy (non-hydrogen) atoms. The van der Waals surface area contributed by atoms with Crippen molar-refractivity contribution in [1.82, 2.24) is 10.2 Å². The highest BCUT2D eigenvalue weighted by molar-refractivity contribution is 5.87. The van der Waals surface area contributed by atoms with Crippen LogP contribution >= 0.6 is 0 Å². The first-order chi connectivity index (χ1) is 13.2. The van der Waals surface area contributed by atoms with Crippen LogP contribution in [0.3, 0.4) is 0 Å². The van der Waals surface area contributed by atoms with Crippen LogP contribution in [0.5, 0.6) is 0 Å². The molecule has 1 aliphatic rings. The van der Waals surface area contributed by atoms with E-state index in [2.05, 4.69) is 18.8 Å². The lowest BCUT2D eigenvalue weighted by atomic mass is 9.73. The number of primary amides is 1. The van der Waals surface area contributed by atoms with Crippen molar-refractivity contribution >= 4 is 18.2 Å². The Morgan fingerprint density at radius 2 is 1.86 bits per heavy atom. The Kier molecular flexibility index (Phi) is 16.3. The molecule has 0 radical (unpaired) electrons. The predicted octanol–water partition coefficient (Wildman–Crippen LogP) is 3.51. The second-order valence-corrected chi connectivity index (χ2v) is 7.57. The minimum Gasteiger partial charge on any atom is -0.369 e. The Balaban J connectivity index is 0. The van der Waals surface area contributed by atoms with Crippen LogP contribution < -0.4 is 11.1 Å². The second-order valence-electron chi connectivity index (χ2n) is 7.57. The fourth-order valence-electron chi connectivity index (χ4n) is 3.31. The largest absolute Gasteiger partial charge is 0.369 e. The summed E-state index contributed by atoms with van der Waals surface area (Å²) in [4.78, 5) is 34.3. The summed E-state index contributed by atoms with van der Waals surface area (Å²) in [5.41, 5.74) is 5.17. The highest BCUT2D eigenvalue weighted by atomic mass is 16.2. The van der Waals surface area contributed by atoms with Gasteiger partial charge in [-0.1, -0.05) is 54.5 Å². The van der Waals surface area contributed by atoms with Crippen molar-refractivity contribution in [2.24, 2.45) is 23.0 Å². The molecule has 164 valence electrons. The smallest absolute Gasteiger partial charge is 0.245 e. The van der Waals surface area contributed by atoms with Crippen molar-refractivity contribution in [1.29, 1.82) is 0 Å². The van der Waals surface area contributed by atoms with Crippen LogP contribution in [0.1, 0.15) is 73.6 Å². The number of carbonyl (C=O) groups excluding carboxylic acids is 3. The standard InChI is InChI=1S/C14H24N2O2.C6H13NO.C2H6/c1-3-6-14(8-9-15-12-17)7-5-10-16(11-14)13(18)4-2;1-4(2)5(3)6(7)8;1-2/h4,12H,2-3,5-11H2,1H3,(H,15,17);4-5H,1-3H3,(H2,7,8);1-2H3. The lowest BCUT2D eigenvalue weighted by Crippen LogP contribution is -2.46. The van der Waals surface area contributed by atoms with E-state index in [0.717, 1.165) is 51.6 Å². The number of hydrogen-bond donors (Lipinski definition) is 2. The van der Waals surface area contributed by atoms with Gasteiger partial charge >= 0.3 is 0 Å². The van der Waals surface area contributed by atoms with Crippen LogP contribution in [-0.2, 0) is 14.4 Å². The average Bonchev–Trinajstić information content (AvgIpc) is 2.69. The number of nitrogens with one attached hydrogen (secondary N) is 1. The molecular weight excluding hydrogens is 354 g/mol. The number of piperidine rings is 1. The maximum absolute atomic E-state index is 11.7. The molecule has 0 aromatic heterocycles. The van der Waals surface area contributed by atoms with Gasteiger partial charge < -0.3 is 16.0 Å². The Hall–Kier alpha value is -1.85. The first kappa shape index (κ1) is 28.4. The van der Waals surface area contributed by atoms with Crippen molar-refractivity contribution < 1.29 is 14.4 Å². The van der Waals surface area contributed by atoms with Gasteiger partial charge in [-0.3, -0.25) is 14.4 Å². The minimum atomic E-state index is -0.208. The molecule has 1 heterocycles. The predicted molar refractivity (Wildman–Crippen MR) is 117 cm³/mol. The van der Waals surface area contributed by atoms with Gasteiger partial charge in [0.25, 0.3) is 0 Å². The fraction of sp³-hybridized carbons (Fsp3) is 0.773. The number of hydrogen-bond acceptors (Lipinski definition) is 3. The first-order valence-electron chi connectivity index (χ1n) is 10.6. The van der Waals surface area contributed by atoms with Crippen LogP contribution in [0.15, 0.2) is 12.7 Å². The first-order valence-corrected chi connectivity index (χ1v) is 10.6. The summed E-state index contributed by atoms with van der Waals surface area (Å²) < 4.78 is 0. The van der Waals surface area contributed by atoms with Gasteiger partial charge in [-0.15, -0.1) is 0 Å². The molecule has 3 N–H and O–H groups in total. The van der Waals surface area contributed by atoms with E-state index in [-0.39, 0.29) is 23.1 Å². The molecule has 1 aliphatic heterocycles. The summed E-state index contributed by atoms with van der Waals surface area (Å²) in [5, 5.41) is 2.73. The van der Waals surface area contributed by atoms with Gasteiger partial charge in [-0.25, -0.2) is 0 Å². The number of rotatable bonds is 9. The lowest BCUT2D eigenvalue weighted by molar-refractivity contribution is -0.130. The molecule has 1 rings (SSSR count). The van der Waals surface area contributed by atoms with Gasteiger partial charge in [0.1, 0.15) is 0 Å². The van der Waals surface area contributed by atoms with Crippen molar-refractivity contribution in [3.05, 3.63) is 12.7 Å². The van der Waals surface area contributed by atoms with E-state index in [9.17, 15) is 14.4 Å². The Bertz CT molecular complexity index is 462. The van der Waals surface area contributed by atoms with Gasteiger partial charge in [-0.2, -0.15) is 0 Å². The number of carbonyl (C=O) groups is 3. The number of likely N-dealkylation sites (tertiary alicyclic amines) is 1. The molecule has 2 unspecified atom stereocenters. The third-order valence-electron chi connectivity index (χ3n) is 5.26. The fourth-order valence-corrected chi connectivity index (χ4v) is 3.31. The quantitative estimate of drug-likeness (QED) is 0.354. The van der Waals surface area contributed by atoms with Gasteiger partial charge in [0.15, 0.2) is 0 Å². The summed E-state index contributed by atoms with van der Waals surface area (Å²) >= 11 is 0. The summed E-state index contributed by atoms with van der Waals surface area (Å²) in [7, 11) is 0. The molecule has 3 amide bonds. The summed E-state index contributed by atoms with van der Waals surface area (Å²) in [5.74, 6) is 0.195. The molecule has 0 saturated carbocycles. The van der Waals surface area contributed by atoms with Crippen LogP contribution in [0.25, 0.3) is 0 Å². The molecule has 0 bridgehead atoms. The normalized spacial score (nSPS) is 19.3. The molecular formula is C22H43N3O3. The van der Waals surface area contributed by atoms with E-state index in [4.69, 9.17) is 5.73 Å². The van der Waals surface area contributed by atoms with Crippen molar-refractivity contribution in [2.75, 3.05) is 19.6 Å². The molecule has 0 aliphatic carbocycles. The summed E-state index contributed by atoms with van der Waals surface area (Å²) in [6.07, 6.45) is 7.48. The molecule has 1 fully saturated rings. The Morgan fingerprint density at radius 1 is 1.25 bits per heavy atom. The Morgan fingerprint density at radius 3 is 2.25 bits per heavy atom. The maximum Gasteiger partial charge on any atom is 0.245 e. The highest BCUT2D eigenvalue weighted by Gasteiger charge is 2.35. The van der Waals surface area contributed by atoms with E-state index in [1.807, 2.05) is 39.5 Å². The maximum atomic E-state index is 11.7. The molecule has 6 heteroatoms. The molecule has 2 atom stereocenters. The van der Waals surface area contributed by atoms with Crippen LogP contribution in [0.2, 0.25) is 0 Å². The zero-order valence-corrected chi connectivity index (χ0v) is 18.9. The topological polar surface area (TPSA) is 92.5 Å². The molecule has 1 saturated heterocycles. The van der Waals surface area contributed by atoms with Gasteiger partial charge in [0, 0.05) is 25.6 Å². The van der Waals surface area contributed by atoms with Gasteiger partial charge in [-0.05, 0) is 43.1 Å². The average molecular weight is 398 g/mol. The van der Waals surface area contributed by atoms with Crippen molar-refractivity contribution in [2.45, 2.75) is 73.6 Å². The van der Waals surface area contributed by atoms with Crippen molar-refractivity contribution in [3.8, 4) is 0 Å². The van der Waals surface area contributed by atoms with E-state index < -0.39 is 0 Å². The third-order valence-corrected chi connectivity index (χ3v) is 5.26. The van der Waals surface area contributed by atoms with Gasteiger partial charge in [0.05, 0.1) is 0 Å². The van der Waals surface area contributed by atoms with E-state index in [0.29, 0.717) is 12.5 Å². The molecule has 0 aromatic rings. The molecule has 6 nitrogen and oxygen atoms in total. The number of nitrogens with two attached hydrogens (primary N) is 1. The van der Waals surface area contributed by atoms with Crippen molar-refractivity contribution in [3.63, 3.8) is 0 Å². The van der Waals surface area contributed by atoms with E-state index >= 15 is 0 Å².